The quantitative estimate of drug-likeness (QED) is 0.902. The van der Waals surface area contributed by atoms with E-state index in [0.29, 0.717) is 5.75 Å². The van der Waals surface area contributed by atoms with Gasteiger partial charge in [0, 0.05) is 12.1 Å². The molecule has 0 unspecified atom stereocenters. The first kappa shape index (κ1) is 12.2. The lowest BCUT2D eigenvalue weighted by Crippen LogP contribution is -2.18. The van der Waals surface area contributed by atoms with E-state index in [1.54, 1.807) is 6.07 Å². The molecular weight excluding hydrogens is 234 g/mol. The van der Waals surface area contributed by atoms with Gasteiger partial charge in [-0.05, 0) is 43.1 Å². The van der Waals surface area contributed by atoms with E-state index < -0.39 is 0 Å². The van der Waals surface area contributed by atoms with E-state index in [4.69, 9.17) is 0 Å². The summed E-state index contributed by atoms with van der Waals surface area (Å²) in [4.78, 5) is 2.50. The molecule has 1 aliphatic rings. The van der Waals surface area contributed by atoms with Crippen LogP contribution in [0.25, 0.3) is 11.1 Å². The van der Waals surface area contributed by atoms with Gasteiger partial charge in [0.2, 0.25) is 0 Å². The van der Waals surface area contributed by atoms with E-state index in [-0.39, 0.29) is 0 Å². The monoisotopic (exact) mass is 253 g/mol. The third kappa shape index (κ3) is 2.79. The highest BCUT2D eigenvalue weighted by Gasteiger charge is 2.11. The molecule has 2 heteroatoms. The Balaban J connectivity index is 1.77. The van der Waals surface area contributed by atoms with Crippen molar-refractivity contribution < 1.29 is 5.11 Å². The molecule has 2 nitrogen and oxygen atoms in total. The zero-order valence-corrected chi connectivity index (χ0v) is 11.0. The van der Waals surface area contributed by atoms with Gasteiger partial charge < -0.3 is 5.11 Å². The molecule has 98 valence electrons. The van der Waals surface area contributed by atoms with Crippen molar-refractivity contribution in [2.75, 3.05) is 13.1 Å². The molecule has 0 bridgehead atoms. The minimum absolute atomic E-state index is 0.342. The van der Waals surface area contributed by atoms with Crippen LogP contribution in [0.4, 0.5) is 0 Å². The van der Waals surface area contributed by atoms with Gasteiger partial charge in [0.25, 0.3) is 0 Å². The van der Waals surface area contributed by atoms with E-state index in [1.165, 1.54) is 31.5 Å². The molecule has 1 saturated heterocycles. The zero-order valence-electron chi connectivity index (χ0n) is 11.0. The van der Waals surface area contributed by atoms with Crippen LogP contribution < -0.4 is 0 Å². The fourth-order valence-corrected chi connectivity index (χ4v) is 2.71. The van der Waals surface area contributed by atoms with E-state index in [9.17, 15) is 5.11 Å². The summed E-state index contributed by atoms with van der Waals surface area (Å²) in [6.07, 6.45) is 2.66. The van der Waals surface area contributed by atoms with Gasteiger partial charge in [0.05, 0.1) is 0 Å². The minimum Gasteiger partial charge on any atom is -0.507 e. The molecule has 0 radical (unpaired) electrons. The molecule has 2 aromatic rings. The first-order valence-electron chi connectivity index (χ1n) is 6.92. The Bertz CT molecular complexity index is 541. The van der Waals surface area contributed by atoms with Crippen LogP contribution in [0.5, 0.6) is 5.75 Å². The third-order valence-electron chi connectivity index (χ3n) is 3.77. The summed E-state index contributed by atoms with van der Waals surface area (Å²) in [5.41, 5.74) is 3.32. The molecule has 0 spiro atoms. The fraction of sp³-hybridized carbons (Fsp3) is 0.294. The average molecular weight is 253 g/mol. The summed E-state index contributed by atoms with van der Waals surface area (Å²) in [7, 11) is 0. The highest BCUT2D eigenvalue weighted by molar-refractivity contribution is 5.69. The van der Waals surface area contributed by atoms with Gasteiger partial charge in [-0.2, -0.15) is 0 Å². The topological polar surface area (TPSA) is 23.5 Å². The van der Waals surface area contributed by atoms with Crippen LogP contribution in [0.2, 0.25) is 0 Å². The normalized spacial score (nSPS) is 15.8. The Labute approximate surface area is 114 Å². The van der Waals surface area contributed by atoms with Crippen molar-refractivity contribution in [1.29, 1.82) is 0 Å². The Morgan fingerprint density at radius 2 is 1.58 bits per heavy atom. The molecule has 0 amide bonds. The fourth-order valence-electron chi connectivity index (χ4n) is 2.71. The average Bonchev–Trinajstić information content (AvgIpc) is 2.93. The predicted octanol–water partition coefficient (Wildman–Crippen LogP) is 3.66. The lowest BCUT2D eigenvalue weighted by Gasteiger charge is -2.14. The number of phenols is 1. The Morgan fingerprint density at radius 1 is 0.895 bits per heavy atom. The Morgan fingerprint density at radius 3 is 2.26 bits per heavy atom. The number of benzene rings is 2. The van der Waals surface area contributed by atoms with Crippen molar-refractivity contribution in [2.24, 2.45) is 0 Å². The Kier molecular flexibility index (Phi) is 3.51. The van der Waals surface area contributed by atoms with Crippen LogP contribution in [0, 0.1) is 0 Å². The second-order valence-electron chi connectivity index (χ2n) is 5.20. The standard InChI is InChI=1S/C17H19NO/c19-17-6-2-1-5-16(17)15-9-7-14(8-10-15)13-18-11-3-4-12-18/h1-2,5-10,19H,3-4,11-13H2. The van der Waals surface area contributed by atoms with E-state index in [2.05, 4.69) is 29.2 Å². The van der Waals surface area contributed by atoms with E-state index >= 15 is 0 Å². The maximum atomic E-state index is 9.85. The third-order valence-corrected chi connectivity index (χ3v) is 3.77. The number of phenolic OH excluding ortho intramolecular Hbond substituents is 1. The lowest BCUT2D eigenvalue weighted by molar-refractivity contribution is 0.331. The predicted molar refractivity (Wildman–Crippen MR) is 78.1 cm³/mol. The second kappa shape index (κ2) is 5.45. The molecule has 3 rings (SSSR count). The molecule has 0 atom stereocenters. The minimum atomic E-state index is 0.342. The maximum absolute atomic E-state index is 9.85. The van der Waals surface area contributed by atoms with Crippen LogP contribution >= 0.6 is 0 Å². The summed E-state index contributed by atoms with van der Waals surface area (Å²) < 4.78 is 0. The van der Waals surface area contributed by atoms with Gasteiger partial charge in [-0.1, -0.05) is 42.5 Å². The highest BCUT2D eigenvalue weighted by Crippen LogP contribution is 2.28. The van der Waals surface area contributed by atoms with Gasteiger partial charge in [0.15, 0.2) is 0 Å². The summed E-state index contributed by atoms with van der Waals surface area (Å²) in [6, 6.07) is 16.0. The van der Waals surface area contributed by atoms with Crippen molar-refractivity contribution in [3.8, 4) is 16.9 Å². The van der Waals surface area contributed by atoms with Gasteiger partial charge in [0.1, 0.15) is 5.75 Å². The molecule has 0 aromatic heterocycles. The number of nitrogens with zero attached hydrogens (tertiary/aromatic N) is 1. The molecule has 0 saturated carbocycles. The molecule has 2 aromatic carbocycles. The molecule has 1 fully saturated rings. The molecule has 19 heavy (non-hydrogen) atoms. The smallest absolute Gasteiger partial charge is 0.123 e. The van der Waals surface area contributed by atoms with Crippen molar-refractivity contribution in [3.05, 3.63) is 54.1 Å². The maximum Gasteiger partial charge on any atom is 0.123 e. The van der Waals surface area contributed by atoms with Crippen molar-refractivity contribution in [2.45, 2.75) is 19.4 Å². The van der Waals surface area contributed by atoms with Gasteiger partial charge in [-0.15, -0.1) is 0 Å². The number of para-hydroxylation sites is 1. The van der Waals surface area contributed by atoms with Crippen molar-refractivity contribution >= 4 is 0 Å². The first-order chi connectivity index (χ1) is 9.33. The number of aromatic hydroxyl groups is 1. The van der Waals surface area contributed by atoms with Crippen LogP contribution in [0.15, 0.2) is 48.5 Å². The van der Waals surface area contributed by atoms with Gasteiger partial charge >= 0.3 is 0 Å². The summed E-state index contributed by atoms with van der Waals surface area (Å²) in [5, 5.41) is 9.85. The SMILES string of the molecule is Oc1ccccc1-c1ccc(CN2CCCC2)cc1. The second-order valence-corrected chi connectivity index (χ2v) is 5.20. The molecule has 1 N–H and O–H groups in total. The Hall–Kier alpha value is -1.80. The summed E-state index contributed by atoms with van der Waals surface area (Å²) >= 11 is 0. The zero-order chi connectivity index (χ0) is 13.1. The first-order valence-corrected chi connectivity index (χ1v) is 6.92. The molecular formula is C17H19NO. The highest BCUT2D eigenvalue weighted by atomic mass is 16.3. The van der Waals surface area contributed by atoms with Crippen molar-refractivity contribution in [1.82, 2.24) is 4.90 Å². The lowest BCUT2D eigenvalue weighted by atomic mass is 10.0. The summed E-state index contributed by atoms with van der Waals surface area (Å²) in [5.74, 6) is 0.342. The van der Waals surface area contributed by atoms with E-state index in [1.807, 2.05) is 18.2 Å². The van der Waals surface area contributed by atoms with Gasteiger partial charge in [-0.25, -0.2) is 0 Å². The van der Waals surface area contributed by atoms with E-state index in [0.717, 1.165) is 17.7 Å². The molecule has 1 aliphatic heterocycles. The van der Waals surface area contributed by atoms with Crippen LogP contribution in [-0.4, -0.2) is 23.1 Å². The number of likely N-dealkylation sites (tertiary alicyclic amines) is 1. The molecule has 1 heterocycles. The van der Waals surface area contributed by atoms with Crippen LogP contribution in [-0.2, 0) is 6.54 Å². The van der Waals surface area contributed by atoms with Crippen LogP contribution in [0.1, 0.15) is 18.4 Å². The van der Waals surface area contributed by atoms with Crippen LogP contribution in [0.3, 0.4) is 0 Å². The van der Waals surface area contributed by atoms with Gasteiger partial charge in [-0.3, -0.25) is 4.90 Å². The van der Waals surface area contributed by atoms with Crippen molar-refractivity contribution in [3.63, 3.8) is 0 Å². The number of hydrogen-bond donors (Lipinski definition) is 1. The number of rotatable bonds is 3. The summed E-state index contributed by atoms with van der Waals surface area (Å²) in [6.45, 7) is 3.49. The largest absolute Gasteiger partial charge is 0.507 e. The number of hydrogen-bond acceptors (Lipinski definition) is 2. The molecule has 0 aliphatic carbocycles.